The number of rotatable bonds is 4. The third-order valence-corrected chi connectivity index (χ3v) is 4.66. The molecule has 0 radical (unpaired) electrons. The molecule has 156 valence electrons. The minimum Gasteiger partial charge on any atom is -0.487 e. The summed E-state index contributed by atoms with van der Waals surface area (Å²) in [4.78, 5) is 38.6. The number of likely N-dealkylation sites (N-methyl/N-ethyl adjacent to an activating group) is 1. The van der Waals surface area contributed by atoms with E-state index in [9.17, 15) is 18.4 Å². The first-order chi connectivity index (χ1) is 14.3. The number of hydrogen-bond acceptors (Lipinski definition) is 7. The van der Waals surface area contributed by atoms with Crippen molar-refractivity contribution < 1.29 is 23.1 Å². The summed E-state index contributed by atoms with van der Waals surface area (Å²) in [6, 6.07) is -0.995. The number of amides is 2. The molecule has 0 fully saturated rings. The third-order valence-electron chi connectivity index (χ3n) is 4.66. The molecule has 1 N–H and O–H groups in total. The van der Waals surface area contributed by atoms with Gasteiger partial charge in [0.25, 0.3) is 11.8 Å². The van der Waals surface area contributed by atoms with Gasteiger partial charge in [-0.05, 0) is 12.1 Å². The third kappa shape index (κ3) is 3.29. The number of ether oxygens (including phenoxy) is 1. The van der Waals surface area contributed by atoms with Gasteiger partial charge in [-0.2, -0.15) is 18.6 Å². The van der Waals surface area contributed by atoms with Crippen LogP contribution >= 0.6 is 0 Å². The highest BCUT2D eigenvalue weighted by Crippen LogP contribution is 2.28. The van der Waals surface area contributed by atoms with E-state index in [2.05, 4.69) is 25.4 Å². The Morgan fingerprint density at radius 2 is 2.17 bits per heavy atom. The van der Waals surface area contributed by atoms with E-state index in [4.69, 9.17) is 4.74 Å². The molecule has 0 unspecified atom stereocenters. The molecule has 10 nitrogen and oxygen atoms in total. The number of halogens is 2. The zero-order valence-corrected chi connectivity index (χ0v) is 16.0. The molecule has 1 aliphatic heterocycles. The molecule has 12 heteroatoms. The summed E-state index contributed by atoms with van der Waals surface area (Å²) >= 11 is 0. The molecule has 0 bridgehead atoms. The molecule has 0 aliphatic carbocycles. The monoisotopic (exact) mass is 417 g/mol. The molecule has 0 spiro atoms. The van der Waals surface area contributed by atoms with E-state index in [1.165, 1.54) is 37.5 Å². The van der Waals surface area contributed by atoms with Crippen LogP contribution in [0.15, 0.2) is 30.7 Å². The number of carbonyl (C=O) groups excluding carboxylic acids is 2. The van der Waals surface area contributed by atoms with Crippen LogP contribution < -0.4 is 15.0 Å². The Bertz CT molecular complexity index is 1130. The quantitative estimate of drug-likeness (QED) is 0.681. The van der Waals surface area contributed by atoms with Gasteiger partial charge in [0.15, 0.2) is 17.2 Å². The largest absolute Gasteiger partial charge is 0.487 e. The van der Waals surface area contributed by atoms with Crippen molar-refractivity contribution >= 4 is 28.7 Å². The number of hydrogen-bond donors (Lipinski definition) is 1. The second-order valence-electron chi connectivity index (χ2n) is 6.61. The van der Waals surface area contributed by atoms with Gasteiger partial charge in [-0.3, -0.25) is 14.5 Å². The van der Waals surface area contributed by atoms with Crippen LogP contribution in [0, 0.1) is 0 Å². The topological polar surface area (TPSA) is 115 Å². The summed E-state index contributed by atoms with van der Waals surface area (Å²) in [6.07, 6.45) is 3.44. The van der Waals surface area contributed by atoms with Crippen molar-refractivity contribution in [1.82, 2.24) is 30.0 Å². The Hall–Kier alpha value is -3.70. The number of alkyl halides is 2. The van der Waals surface area contributed by atoms with Gasteiger partial charge < -0.3 is 10.1 Å². The van der Waals surface area contributed by atoms with E-state index in [0.29, 0.717) is 16.2 Å². The van der Waals surface area contributed by atoms with Crippen LogP contribution in [0.5, 0.6) is 5.75 Å². The predicted molar refractivity (Wildman–Crippen MR) is 100 cm³/mol. The van der Waals surface area contributed by atoms with Crippen molar-refractivity contribution in [1.29, 1.82) is 0 Å². The van der Waals surface area contributed by atoms with Crippen molar-refractivity contribution in [3.63, 3.8) is 0 Å². The lowest BCUT2D eigenvalue weighted by molar-refractivity contribution is -0.120. The van der Waals surface area contributed by atoms with Crippen LogP contribution in [0.25, 0.3) is 11.0 Å². The van der Waals surface area contributed by atoms with E-state index in [1.807, 2.05) is 0 Å². The molecule has 1 aliphatic rings. The fourth-order valence-corrected chi connectivity index (χ4v) is 2.97. The van der Waals surface area contributed by atoms with Crippen LogP contribution in [-0.2, 0) is 10.8 Å². The zero-order chi connectivity index (χ0) is 21.5. The van der Waals surface area contributed by atoms with Crippen molar-refractivity contribution in [2.24, 2.45) is 0 Å². The smallest absolute Gasteiger partial charge is 0.345 e. The van der Waals surface area contributed by atoms with Gasteiger partial charge in [0.2, 0.25) is 5.82 Å². The maximum Gasteiger partial charge on any atom is 0.345 e. The van der Waals surface area contributed by atoms with Crippen molar-refractivity contribution in [3.8, 4) is 5.75 Å². The first-order valence-corrected chi connectivity index (χ1v) is 9.07. The summed E-state index contributed by atoms with van der Waals surface area (Å²) in [5.74, 6) is -0.911. The average molecular weight is 417 g/mol. The summed E-state index contributed by atoms with van der Waals surface area (Å²) in [6.45, 7) is 1.17. The van der Waals surface area contributed by atoms with E-state index in [0.717, 1.165) is 0 Å². The Balaban J connectivity index is 1.59. The van der Waals surface area contributed by atoms with Crippen molar-refractivity contribution in [3.05, 3.63) is 36.5 Å². The molecule has 0 saturated carbocycles. The Labute approximate surface area is 168 Å². The van der Waals surface area contributed by atoms with Crippen LogP contribution in [0.2, 0.25) is 0 Å². The van der Waals surface area contributed by atoms with E-state index in [1.54, 1.807) is 12.1 Å². The molecular weight excluding hydrogens is 400 g/mol. The van der Waals surface area contributed by atoms with Gasteiger partial charge in [-0.25, -0.2) is 15.0 Å². The van der Waals surface area contributed by atoms with Gasteiger partial charge in [0.1, 0.15) is 12.6 Å². The first kappa shape index (κ1) is 19.6. The highest BCUT2D eigenvalue weighted by molar-refractivity contribution is 6.02. The summed E-state index contributed by atoms with van der Waals surface area (Å²) in [5.41, 5.74) is -0.181. The van der Waals surface area contributed by atoms with Crippen molar-refractivity contribution in [2.75, 3.05) is 18.6 Å². The van der Waals surface area contributed by atoms with Gasteiger partial charge in [0, 0.05) is 25.9 Å². The van der Waals surface area contributed by atoms with Gasteiger partial charge in [0.05, 0.1) is 11.6 Å². The fraction of sp³-hybridized carbons (Fsp3) is 0.333. The lowest BCUT2D eigenvalue weighted by atomic mass is 10.2. The number of nitrogens with zero attached hydrogens (tertiary/aromatic N) is 6. The number of fused-ring (bicyclic) bond motifs is 2. The molecule has 3 aromatic heterocycles. The highest BCUT2D eigenvalue weighted by atomic mass is 19.3. The minimum atomic E-state index is -3.27. The minimum absolute atomic E-state index is 0.137. The molecule has 1 atom stereocenters. The van der Waals surface area contributed by atoms with E-state index in [-0.39, 0.29) is 23.5 Å². The zero-order valence-electron chi connectivity index (χ0n) is 16.0. The standard InChI is InChI=1S/C18H17F2N7O3/c1-3-18(19,20)27-14-10(8-23-27)7-22-13(25-14)16(28)24-11-9-30-12-5-4-6-21-15(12)26(2)17(11)29/h4-8,11H,3,9H2,1-2H3,(H,24,28)/t11-/m0/s1. The summed E-state index contributed by atoms with van der Waals surface area (Å²) in [5, 5.41) is 6.41. The Kier molecular flexibility index (Phi) is 4.76. The highest BCUT2D eigenvalue weighted by Gasteiger charge is 2.34. The van der Waals surface area contributed by atoms with Crippen LogP contribution in [0.4, 0.5) is 14.6 Å². The van der Waals surface area contributed by atoms with Crippen LogP contribution in [0.3, 0.4) is 0 Å². The number of pyridine rings is 1. The lowest BCUT2D eigenvalue weighted by Crippen LogP contribution is -2.49. The maximum atomic E-state index is 14.1. The van der Waals surface area contributed by atoms with Crippen LogP contribution in [-0.4, -0.2) is 56.2 Å². The van der Waals surface area contributed by atoms with Gasteiger partial charge >= 0.3 is 6.05 Å². The van der Waals surface area contributed by atoms with E-state index < -0.39 is 30.3 Å². The SMILES string of the molecule is CCC(F)(F)n1ncc2cnc(C(=O)N[C@H]3COc4cccnc4N(C)C3=O)nc21. The van der Waals surface area contributed by atoms with Crippen LogP contribution in [0.1, 0.15) is 24.0 Å². The van der Waals surface area contributed by atoms with Gasteiger partial charge in [-0.1, -0.05) is 6.92 Å². The molecule has 0 saturated heterocycles. The Morgan fingerprint density at radius 3 is 2.93 bits per heavy atom. The Morgan fingerprint density at radius 1 is 1.37 bits per heavy atom. The number of aromatic nitrogens is 5. The van der Waals surface area contributed by atoms with Gasteiger partial charge in [-0.15, -0.1) is 0 Å². The number of anilines is 1. The summed E-state index contributed by atoms with van der Waals surface area (Å²) in [7, 11) is 1.51. The molecule has 4 rings (SSSR count). The molecule has 3 aromatic rings. The second kappa shape index (κ2) is 7.28. The number of nitrogens with one attached hydrogen (secondary N) is 1. The predicted octanol–water partition coefficient (Wildman–Crippen LogP) is 1.33. The normalized spacial score (nSPS) is 16.7. The molecule has 0 aromatic carbocycles. The lowest BCUT2D eigenvalue weighted by Gasteiger charge is -2.19. The molecule has 2 amide bonds. The summed E-state index contributed by atoms with van der Waals surface area (Å²) < 4.78 is 34.2. The maximum absolute atomic E-state index is 14.1. The molecule has 30 heavy (non-hydrogen) atoms. The second-order valence-corrected chi connectivity index (χ2v) is 6.61. The molecular formula is C18H17F2N7O3. The molecule has 4 heterocycles. The first-order valence-electron chi connectivity index (χ1n) is 9.07. The van der Waals surface area contributed by atoms with Crippen molar-refractivity contribution in [2.45, 2.75) is 25.4 Å². The average Bonchev–Trinajstić information content (AvgIpc) is 3.15. The van der Waals surface area contributed by atoms with E-state index >= 15 is 0 Å². The fourth-order valence-electron chi connectivity index (χ4n) is 2.97. The number of carbonyl (C=O) groups is 2.